The summed E-state index contributed by atoms with van der Waals surface area (Å²) in [4.78, 5) is 38.3. The quantitative estimate of drug-likeness (QED) is 0.140. The molecule has 0 unspecified atom stereocenters. The first-order chi connectivity index (χ1) is 17.6. The van der Waals surface area contributed by atoms with E-state index in [-0.39, 0.29) is 5.56 Å². The van der Waals surface area contributed by atoms with E-state index in [4.69, 9.17) is 15.4 Å². The van der Waals surface area contributed by atoms with Gasteiger partial charge >= 0.3 is 6.09 Å². The highest BCUT2D eigenvalue weighted by Gasteiger charge is 2.17. The molecule has 4 N–H and O–H groups in total. The third-order valence-corrected chi connectivity index (χ3v) is 4.00. The van der Waals surface area contributed by atoms with E-state index in [2.05, 4.69) is 35.3 Å². The maximum Gasteiger partial charge on any atom is 0.412 e. The van der Waals surface area contributed by atoms with Gasteiger partial charge in [-0.3, -0.25) is 10.1 Å². The summed E-state index contributed by atoms with van der Waals surface area (Å²) >= 11 is 0. The van der Waals surface area contributed by atoms with Crippen LogP contribution in [0.3, 0.4) is 0 Å². The van der Waals surface area contributed by atoms with E-state index in [0.29, 0.717) is 27.8 Å². The molecule has 0 fully saturated rings. The number of anilines is 1. The summed E-state index contributed by atoms with van der Waals surface area (Å²) < 4.78 is 31.0. The Morgan fingerprint density at radius 1 is 1.00 bits per heavy atom. The summed E-state index contributed by atoms with van der Waals surface area (Å²) in [5.74, 6) is -1.79. The smallest absolute Gasteiger partial charge is 0.412 e. The van der Waals surface area contributed by atoms with Crippen LogP contribution in [0.4, 0.5) is 19.3 Å². The highest BCUT2D eigenvalue weighted by molar-refractivity contribution is 6.06. The number of pyridine rings is 2. The van der Waals surface area contributed by atoms with Gasteiger partial charge in [0.1, 0.15) is 28.5 Å². The molecule has 0 aliphatic rings. The molecule has 0 saturated carbocycles. The molecule has 0 aliphatic carbocycles. The number of nitrogens with one attached hydrogen (secondary N) is 3. The number of amides is 2. The molecule has 0 radical (unpaired) electrons. The Kier molecular flexibility index (Phi) is 9.47. The largest absolute Gasteiger partial charge is 0.444 e. The van der Waals surface area contributed by atoms with Crippen molar-refractivity contribution in [3.05, 3.63) is 64.6 Å². The van der Waals surface area contributed by atoms with Gasteiger partial charge in [0, 0.05) is 28.1 Å². The average Bonchev–Trinajstić information content (AvgIpc) is 3.35. The van der Waals surface area contributed by atoms with Crippen LogP contribution in [0.1, 0.15) is 51.9 Å². The van der Waals surface area contributed by atoms with Crippen LogP contribution in [0.5, 0.6) is 0 Å². The Morgan fingerprint density at radius 2 is 1.50 bits per heavy atom. The third-order valence-electron chi connectivity index (χ3n) is 4.00. The molecule has 0 saturated heterocycles. The number of ether oxygens (including phenoxy) is 1. The lowest BCUT2D eigenvalue weighted by Gasteiger charge is -2.19. The fraction of sp³-hybridized carbons (Fsp3) is 0.333. The van der Waals surface area contributed by atoms with Crippen LogP contribution in [-0.4, -0.2) is 48.2 Å². The van der Waals surface area contributed by atoms with Crippen molar-refractivity contribution in [2.75, 3.05) is 5.32 Å². The van der Waals surface area contributed by atoms with Crippen molar-refractivity contribution in [2.24, 2.45) is 5.11 Å². The van der Waals surface area contributed by atoms with Gasteiger partial charge in [-0.25, -0.2) is 23.5 Å². The summed E-state index contributed by atoms with van der Waals surface area (Å²) in [7, 11) is 0. The SMILES string of the molecule is CC(C)(C)O.CC(C)(C)OC(=O)Nc1c[nH]c2ncc(F)cc12.[N-]=[N+]=NC(=O)c1c[nH]c2ncc(F)cc12. The Bertz CT molecular complexity index is 1470. The molecule has 0 atom stereocenters. The van der Waals surface area contributed by atoms with Gasteiger partial charge in [-0.05, 0) is 64.3 Å². The molecular weight excluding hydrogens is 502 g/mol. The first-order valence-electron chi connectivity index (χ1n) is 11.1. The van der Waals surface area contributed by atoms with Crippen molar-refractivity contribution in [1.29, 1.82) is 0 Å². The van der Waals surface area contributed by atoms with Gasteiger partial charge in [0.15, 0.2) is 0 Å². The van der Waals surface area contributed by atoms with Gasteiger partial charge in [-0.15, -0.1) is 0 Å². The van der Waals surface area contributed by atoms with Crippen molar-refractivity contribution in [2.45, 2.75) is 52.7 Å². The fourth-order valence-corrected chi connectivity index (χ4v) is 2.74. The zero-order valence-electron chi connectivity index (χ0n) is 21.6. The number of rotatable bonds is 2. The third kappa shape index (κ3) is 9.48. The van der Waals surface area contributed by atoms with E-state index in [1.165, 1.54) is 12.3 Å². The number of carbonyl (C=O) groups excluding carboxylic acids is 2. The van der Waals surface area contributed by atoms with Gasteiger partial charge in [0.05, 0.1) is 29.2 Å². The zero-order valence-corrected chi connectivity index (χ0v) is 21.6. The summed E-state index contributed by atoms with van der Waals surface area (Å²) in [6, 6.07) is 2.45. The number of H-pyrrole nitrogens is 2. The van der Waals surface area contributed by atoms with Gasteiger partial charge in [-0.1, -0.05) is 0 Å². The molecule has 4 aromatic heterocycles. The maximum atomic E-state index is 13.1. The van der Waals surface area contributed by atoms with Crippen molar-refractivity contribution < 1.29 is 28.2 Å². The lowest BCUT2D eigenvalue weighted by molar-refractivity contribution is 0.0635. The molecular formula is C24H28F2N8O4. The molecule has 38 heavy (non-hydrogen) atoms. The number of nitrogens with zero attached hydrogens (tertiary/aromatic N) is 5. The van der Waals surface area contributed by atoms with Crippen LogP contribution >= 0.6 is 0 Å². The molecule has 4 aromatic rings. The van der Waals surface area contributed by atoms with Gasteiger partial charge < -0.3 is 19.8 Å². The molecule has 4 rings (SSSR count). The first kappa shape index (κ1) is 29.7. The number of carbonyl (C=O) groups is 2. The van der Waals surface area contributed by atoms with E-state index in [0.717, 1.165) is 18.5 Å². The van der Waals surface area contributed by atoms with Crippen molar-refractivity contribution >= 4 is 39.8 Å². The molecule has 2 amide bonds. The zero-order chi connectivity index (χ0) is 28.7. The van der Waals surface area contributed by atoms with Crippen LogP contribution < -0.4 is 5.32 Å². The first-order valence-corrected chi connectivity index (χ1v) is 11.1. The second-order valence-electron chi connectivity index (χ2n) is 9.80. The van der Waals surface area contributed by atoms with Crippen LogP contribution in [0, 0.1) is 11.6 Å². The number of aliphatic hydroxyl groups is 1. The number of aromatic nitrogens is 4. The van der Waals surface area contributed by atoms with Crippen LogP contribution in [0.15, 0.2) is 42.0 Å². The Morgan fingerprint density at radius 3 is 2.03 bits per heavy atom. The molecule has 0 aliphatic heterocycles. The number of halogens is 2. The van der Waals surface area contributed by atoms with Gasteiger partial charge in [0.2, 0.25) is 0 Å². The minimum Gasteiger partial charge on any atom is -0.444 e. The van der Waals surface area contributed by atoms with Gasteiger partial charge in [0.25, 0.3) is 5.91 Å². The number of hydrogen-bond acceptors (Lipinski definition) is 6. The van der Waals surface area contributed by atoms with E-state index >= 15 is 0 Å². The van der Waals surface area contributed by atoms with Crippen molar-refractivity contribution in [1.82, 2.24) is 19.9 Å². The maximum absolute atomic E-state index is 13.1. The van der Waals surface area contributed by atoms with E-state index < -0.39 is 34.8 Å². The van der Waals surface area contributed by atoms with Crippen LogP contribution in [0.2, 0.25) is 0 Å². The number of fused-ring (bicyclic) bond motifs is 2. The Hall–Kier alpha value is -4.55. The highest BCUT2D eigenvalue weighted by atomic mass is 19.1. The summed E-state index contributed by atoms with van der Waals surface area (Å²) in [5, 5.41) is 14.8. The van der Waals surface area contributed by atoms with E-state index in [1.54, 1.807) is 47.7 Å². The molecule has 0 bridgehead atoms. The number of aromatic amines is 2. The standard InChI is InChI=1S/C12H14FN3O2.C8H4FN5O.C4H10O/c1-12(2,3)18-11(17)16-9-6-15-10-8(9)4-7(13)5-14-10;9-4-1-5-6(8(15)13-14-10)3-12-7(5)11-2-4;1-4(2,3)5/h4-6H,1-3H3,(H,14,15)(H,16,17);1-3H,(H,11,12);5H,1-3H3. The predicted octanol–water partition coefficient (Wildman–Crippen LogP) is 5.98. The van der Waals surface area contributed by atoms with E-state index in [1.807, 2.05) is 0 Å². The molecule has 14 heteroatoms. The summed E-state index contributed by atoms with van der Waals surface area (Å²) in [5.41, 5.74) is 8.43. The lowest BCUT2D eigenvalue weighted by atomic mass is 10.2. The highest BCUT2D eigenvalue weighted by Crippen LogP contribution is 2.23. The lowest BCUT2D eigenvalue weighted by Crippen LogP contribution is -2.27. The van der Waals surface area contributed by atoms with Gasteiger partial charge in [-0.2, -0.15) is 0 Å². The monoisotopic (exact) mass is 530 g/mol. The Labute approximate surface area is 216 Å². The molecule has 12 nitrogen and oxygen atoms in total. The second kappa shape index (κ2) is 12.1. The average molecular weight is 531 g/mol. The Balaban J connectivity index is 0.000000230. The molecule has 0 spiro atoms. The molecule has 0 aromatic carbocycles. The van der Waals surface area contributed by atoms with E-state index in [9.17, 15) is 18.4 Å². The van der Waals surface area contributed by atoms with Crippen LogP contribution in [0.25, 0.3) is 32.5 Å². The fourth-order valence-electron chi connectivity index (χ4n) is 2.74. The molecule has 202 valence electrons. The topological polar surface area (TPSA) is 182 Å². The van der Waals surface area contributed by atoms with Crippen molar-refractivity contribution in [3.63, 3.8) is 0 Å². The van der Waals surface area contributed by atoms with Crippen LogP contribution in [-0.2, 0) is 4.74 Å². The molecule has 4 heterocycles. The number of hydrogen-bond donors (Lipinski definition) is 4. The predicted molar refractivity (Wildman–Crippen MR) is 137 cm³/mol. The second-order valence-corrected chi connectivity index (χ2v) is 9.80. The summed E-state index contributed by atoms with van der Waals surface area (Å²) in [6.07, 6.45) is 4.42. The minimum atomic E-state index is -0.767. The summed E-state index contributed by atoms with van der Waals surface area (Å²) in [6.45, 7) is 10.5. The number of azide groups is 1. The normalized spacial score (nSPS) is 11.0. The minimum absolute atomic E-state index is 0.106. The van der Waals surface area contributed by atoms with Crippen molar-refractivity contribution in [3.8, 4) is 0 Å².